The maximum absolute atomic E-state index is 12.4. The summed E-state index contributed by atoms with van der Waals surface area (Å²) in [5.41, 5.74) is 3.92. The van der Waals surface area contributed by atoms with E-state index in [0.29, 0.717) is 10.7 Å². The van der Waals surface area contributed by atoms with Gasteiger partial charge in [0.1, 0.15) is 17.6 Å². The van der Waals surface area contributed by atoms with Crippen molar-refractivity contribution in [1.82, 2.24) is 4.98 Å². The Morgan fingerprint density at radius 3 is 2.86 bits per heavy atom. The molecule has 0 fully saturated rings. The molecule has 1 aliphatic heterocycles. The Hall–Kier alpha value is -3.11. The average Bonchev–Trinajstić information content (AvgIpc) is 3.11. The second kappa shape index (κ2) is 7.37. The number of hydrogen-bond donors (Lipinski definition) is 1. The van der Waals surface area contributed by atoms with E-state index in [1.165, 1.54) is 0 Å². The van der Waals surface area contributed by atoms with Crippen LogP contribution >= 0.6 is 0 Å². The van der Waals surface area contributed by atoms with Crippen LogP contribution in [-0.2, 0) is 14.6 Å². The van der Waals surface area contributed by atoms with E-state index in [4.69, 9.17) is 10.00 Å². The maximum Gasteiger partial charge on any atom is 0.178 e. The Balaban J connectivity index is 1.84. The van der Waals surface area contributed by atoms with Crippen molar-refractivity contribution in [2.45, 2.75) is 30.7 Å². The zero-order valence-corrected chi connectivity index (χ0v) is 17.0. The molecule has 1 aromatic carbocycles. The van der Waals surface area contributed by atoms with Gasteiger partial charge in [-0.15, -0.1) is 0 Å². The lowest BCUT2D eigenvalue weighted by Gasteiger charge is -2.28. The van der Waals surface area contributed by atoms with E-state index in [-0.39, 0.29) is 24.3 Å². The normalized spacial score (nSPS) is 19.9. The van der Waals surface area contributed by atoms with Crippen molar-refractivity contribution < 1.29 is 13.2 Å². The van der Waals surface area contributed by atoms with Gasteiger partial charge in [0, 0.05) is 17.7 Å². The molecule has 4 rings (SSSR count). The topological polar surface area (TPSA) is 92.1 Å². The number of nitrogens with zero attached hydrogens (tertiary/aromatic N) is 2. The standard InChI is InChI=1S/C22H21N3O3S/c1-3-29(26,27)16-6-4-5-15(12-16)17-7-8-19(28-10-9-23)21-20(17)18-11-14(2)13-24-22(18)25-21/h4-8,11-13,20-21H,3,10H2,1-2H3,(H,24,25). The molecule has 2 aliphatic rings. The first-order valence-electron chi connectivity index (χ1n) is 9.42. The molecule has 1 aliphatic carbocycles. The monoisotopic (exact) mass is 407 g/mol. The molecule has 0 spiro atoms. The van der Waals surface area contributed by atoms with Crippen LogP contribution in [0.4, 0.5) is 5.82 Å². The summed E-state index contributed by atoms with van der Waals surface area (Å²) in [6.07, 6.45) is 5.60. The van der Waals surface area contributed by atoms with Gasteiger partial charge in [0.05, 0.1) is 16.7 Å². The van der Waals surface area contributed by atoms with E-state index in [0.717, 1.165) is 28.1 Å². The smallest absolute Gasteiger partial charge is 0.178 e. The van der Waals surface area contributed by atoms with E-state index in [1.807, 2.05) is 31.2 Å². The van der Waals surface area contributed by atoms with Crippen molar-refractivity contribution in [3.8, 4) is 6.07 Å². The van der Waals surface area contributed by atoms with Crippen LogP contribution in [0.2, 0.25) is 0 Å². The largest absolute Gasteiger partial charge is 0.481 e. The number of aromatic nitrogens is 1. The Bertz CT molecular complexity index is 1180. The van der Waals surface area contributed by atoms with Crippen LogP contribution in [0.3, 0.4) is 0 Å². The second-order valence-electron chi connectivity index (χ2n) is 7.12. The van der Waals surface area contributed by atoms with Crippen molar-refractivity contribution >= 4 is 21.2 Å². The molecule has 0 amide bonds. The molecule has 1 aromatic heterocycles. The van der Waals surface area contributed by atoms with Gasteiger partial charge in [0.2, 0.25) is 0 Å². The number of fused-ring (bicyclic) bond motifs is 3. The van der Waals surface area contributed by atoms with Gasteiger partial charge in [-0.3, -0.25) is 0 Å². The summed E-state index contributed by atoms with van der Waals surface area (Å²) in [6.45, 7) is 3.60. The predicted molar refractivity (Wildman–Crippen MR) is 111 cm³/mol. The molecular formula is C22H21N3O3S. The van der Waals surface area contributed by atoms with Crippen LogP contribution < -0.4 is 5.32 Å². The summed E-state index contributed by atoms with van der Waals surface area (Å²) >= 11 is 0. The number of pyridine rings is 1. The molecule has 1 N–H and O–H groups in total. The molecule has 2 aromatic rings. The molecular weight excluding hydrogens is 386 g/mol. The van der Waals surface area contributed by atoms with E-state index in [9.17, 15) is 8.42 Å². The fourth-order valence-electron chi connectivity index (χ4n) is 3.89. The number of hydrogen-bond acceptors (Lipinski definition) is 6. The lowest BCUT2D eigenvalue weighted by Crippen LogP contribution is -2.28. The zero-order valence-electron chi connectivity index (χ0n) is 16.2. The zero-order chi connectivity index (χ0) is 20.6. The lowest BCUT2D eigenvalue weighted by atomic mass is 9.80. The van der Waals surface area contributed by atoms with Gasteiger partial charge in [-0.25, -0.2) is 13.4 Å². The van der Waals surface area contributed by atoms with Gasteiger partial charge in [0.15, 0.2) is 16.4 Å². The fraction of sp³-hybridized carbons (Fsp3) is 0.273. The third-order valence-electron chi connectivity index (χ3n) is 5.29. The minimum absolute atomic E-state index is 0.0348. The first-order valence-corrected chi connectivity index (χ1v) is 11.1. The summed E-state index contributed by atoms with van der Waals surface area (Å²) in [5.74, 6) is 1.42. The van der Waals surface area contributed by atoms with Gasteiger partial charge < -0.3 is 10.1 Å². The molecule has 2 unspecified atom stereocenters. The molecule has 148 valence electrons. The van der Waals surface area contributed by atoms with Crippen molar-refractivity contribution in [2.24, 2.45) is 0 Å². The molecule has 2 heterocycles. The van der Waals surface area contributed by atoms with Gasteiger partial charge in [-0.2, -0.15) is 5.26 Å². The number of nitrogens with one attached hydrogen (secondary N) is 1. The van der Waals surface area contributed by atoms with Gasteiger partial charge in [-0.1, -0.05) is 31.2 Å². The number of ether oxygens (including phenoxy) is 1. The van der Waals surface area contributed by atoms with E-state index >= 15 is 0 Å². The number of sulfone groups is 1. The first-order chi connectivity index (χ1) is 13.9. The fourth-order valence-corrected chi connectivity index (χ4v) is 4.81. The van der Waals surface area contributed by atoms with Crippen LogP contribution in [0.25, 0.3) is 5.57 Å². The minimum Gasteiger partial charge on any atom is -0.481 e. The number of benzene rings is 1. The van der Waals surface area contributed by atoms with Gasteiger partial charge in [0.25, 0.3) is 0 Å². The highest BCUT2D eigenvalue weighted by Gasteiger charge is 2.41. The Kier molecular flexibility index (Phi) is 4.89. The first kappa shape index (κ1) is 19.2. The highest BCUT2D eigenvalue weighted by molar-refractivity contribution is 7.91. The Labute approximate surface area is 170 Å². The summed E-state index contributed by atoms with van der Waals surface area (Å²) in [6, 6.07) is 11.0. The molecule has 2 atom stereocenters. The van der Waals surface area contributed by atoms with Gasteiger partial charge in [-0.05, 0) is 41.8 Å². The van der Waals surface area contributed by atoms with Crippen LogP contribution in [0.1, 0.15) is 29.5 Å². The number of rotatable bonds is 5. The molecule has 0 radical (unpaired) electrons. The minimum atomic E-state index is -3.30. The van der Waals surface area contributed by atoms with Crippen LogP contribution in [0.15, 0.2) is 59.3 Å². The van der Waals surface area contributed by atoms with E-state index in [2.05, 4.69) is 16.4 Å². The van der Waals surface area contributed by atoms with Crippen LogP contribution in [0, 0.1) is 18.3 Å². The number of aryl methyl sites for hydroxylation is 1. The lowest BCUT2D eigenvalue weighted by molar-refractivity contribution is 0.231. The summed E-state index contributed by atoms with van der Waals surface area (Å²) in [4.78, 5) is 4.83. The Morgan fingerprint density at radius 2 is 2.10 bits per heavy atom. The second-order valence-corrected chi connectivity index (χ2v) is 9.40. The van der Waals surface area contributed by atoms with E-state index < -0.39 is 9.84 Å². The number of allylic oxidation sites excluding steroid dienone is 2. The molecule has 0 bridgehead atoms. The van der Waals surface area contributed by atoms with Crippen molar-refractivity contribution in [3.05, 3.63) is 71.1 Å². The number of nitriles is 1. The molecule has 7 heteroatoms. The van der Waals surface area contributed by atoms with Gasteiger partial charge >= 0.3 is 0 Å². The molecule has 0 saturated carbocycles. The highest BCUT2D eigenvalue weighted by atomic mass is 32.2. The third-order valence-corrected chi connectivity index (χ3v) is 7.03. The third kappa shape index (κ3) is 3.40. The molecule has 29 heavy (non-hydrogen) atoms. The summed E-state index contributed by atoms with van der Waals surface area (Å²) in [5, 5.41) is 12.3. The summed E-state index contributed by atoms with van der Waals surface area (Å²) in [7, 11) is -3.30. The number of anilines is 1. The Morgan fingerprint density at radius 1 is 1.28 bits per heavy atom. The molecule has 0 saturated heterocycles. The maximum atomic E-state index is 12.4. The average molecular weight is 407 g/mol. The van der Waals surface area contributed by atoms with E-state index in [1.54, 1.807) is 31.3 Å². The predicted octanol–water partition coefficient (Wildman–Crippen LogP) is 3.58. The summed E-state index contributed by atoms with van der Waals surface area (Å²) < 4.78 is 30.4. The van der Waals surface area contributed by atoms with Crippen molar-refractivity contribution in [3.63, 3.8) is 0 Å². The quantitative estimate of drug-likeness (QED) is 0.814. The van der Waals surface area contributed by atoms with Crippen LogP contribution in [0.5, 0.6) is 0 Å². The van der Waals surface area contributed by atoms with Crippen molar-refractivity contribution in [2.75, 3.05) is 17.7 Å². The SMILES string of the molecule is CCS(=O)(=O)c1cccc(C2=CC=C(OCC#N)C3Nc4ncc(C)cc4C23)c1. The molecule has 6 nitrogen and oxygen atoms in total. The highest BCUT2D eigenvalue weighted by Crippen LogP contribution is 2.48. The van der Waals surface area contributed by atoms with Crippen molar-refractivity contribution in [1.29, 1.82) is 5.26 Å². The van der Waals surface area contributed by atoms with Crippen LogP contribution in [-0.4, -0.2) is 31.8 Å².